The molecule has 1 aromatic rings. The first-order valence-corrected chi connectivity index (χ1v) is 13.0. The maximum absolute atomic E-state index is 13.9. The predicted molar refractivity (Wildman–Crippen MR) is 142 cm³/mol. The Morgan fingerprint density at radius 3 is 2.49 bits per heavy atom. The van der Waals surface area contributed by atoms with Gasteiger partial charge in [0.05, 0.1) is 18.7 Å². The molecule has 1 amide bonds. The van der Waals surface area contributed by atoms with Crippen molar-refractivity contribution in [3.05, 3.63) is 39.7 Å². The normalized spacial score (nSPS) is 26.6. The first-order chi connectivity index (χ1) is 18.3. The summed E-state index contributed by atoms with van der Waals surface area (Å²) in [5.41, 5.74) is 2.85. The van der Waals surface area contributed by atoms with Gasteiger partial charge in [-0.05, 0) is 57.8 Å². The van der Waals surface area contributed by atoms with E-state index in [1.807, 2.05) is 0 Å². The minimum atomic E-state index is -2.66. The Balaban J connectivity index is 1.85. The number of methoxy groups -OCH3 is 1. The molecule has 1 aromatic carbocycles. The van der Waals surface area contributed by atoms with Crippen molar-refractivity contribution in [3.63, 3.8) is 0 Å². The highest BCUT2D eigenvalue weighted by Gasteiger charge is 2.64. The van der Waals surface area contributed by atoms with Crippen LogP contribution in [0, 0.1) is 17.8 Å². The van der Waals surface area contributed by atoms with Gasteiger partial charge in [-0.15, -0.1) is 0 Å². The Morgan fingerprint density at radius 1 is 1.26 bits per heavy atom. The average molecular weight is 544 g/mol. The van der Waals surface area contributed by atoms with Gasteiger partial charge in [-0.25, -0.2) is 0 Å². The lowest BCUT2D eigenvalue weighted by molar-refractivity contribution is -0.153. The molecule has 11 nitrogen and oxygen atoms in total. The third-order valence-corrected chi connectivity index (χ3v) is 8.17. The molecule has 7 N–H and O–H groups in total. The number of ketones is 2. The molecule has 0 aliphatic heterocycles. The quantitative estimate of drug-likeness (QED) is 0.205. The van der Waals surface area contributed by atoms with Crippen LogP contribution in [0.5, 0.6) is 11.5 Å². The lowest BCUT2D eigenvalue weighted by Crippen LogP contribution is -2.65. The van der Waals surface area contributed by atoms with Gasteiger partial charge in [-0.1, -0.05) is 13.8 Å². The van der Waals surface area contributed by atoms with Gasteiger partial charge in [-0.2, -0.15) is 0 Å². The second-order valence-electron chi connectivity index (χ2n) is 11.3. The predicted octanol–water partition coefficient (Wildman–Crippen LogP) is 1.11. The first-order valence-electron chi connectivity index (χ1n) is 13.0. The lowest BCUT2D eigenvalue weighted by Gasteiger charge is -2.50. The number of aromatic hydroxyl groups is 1. The first kappa shape index (κ1) is 28.6. The van der Waals surface area contributed by atoms with Crippen LogP contribution < -0.4 is 15.8 Å². The van der Waals surface area contributed by atoms with Crippen LogP contribution in [0.4, 0.5) is 0 Å². The summed E-state index contributed by atoms with van der Waals surface area (Å²) in [7, 11) is 4.61. The summed E-state index contributed by atoms with van der Waals surface area (Å²) in [5.74, 6) is -5.82. The number of Topliss-reactive ketones (excluding diaryl/α,β-unsaturated/α-hetero) is 2. The highest BCUT2D eigenvalue weighted by atomic mass is 16.5. The lowest BCUT2D eigenvalue weighted by atomic mass is 9.57. The van der Waals surface area contributed by atoms with E-state index in [0.717, 1.165) is 13.0 Å². The van der Waals surface area contributed by atoms with Crippen LogP contribution in [0.3, 0.4) is 0 Å². The molecule has 11 heteroatoms. The van der Waals surface area contributed by atoms with E-state index in [4.69, 9.17) is 10.5 Å². The maximum Gasteiger partial charge on any atom is 0.255 e. The fourth-order valence-corrected chi connectivity index (χ4v) is 6.36. The fourth-order valence-electron chi connectivity index (χ4n) is 6.36. The summed E-state index contributed by atoms with van der Waals surface area (Å²) in [4.78, 5) is 40.6. The summed E-state index contributed by atoms with van der Waals surface area (Å²) in [6.07, 6.45) is 1.16. The van der Waals surface area contributed by atoms with Crippen LogP contribution in [0.15, 0.2) is 23.0 Å². The molecule has 0 spiro atoms. The molecule has 0 radical (unpaired) electrons. The van der Waals surface area contributed by atoms with E-state index >= 15 is 0 Å². The molecular formula is C28H37N3O8. The Bertz CT molecular complexity index is 1300. The van der Waals surface area contributed by atoms with E-state index in [9.17, 15) is 34.8 Å². The molecule has 212 valence electrons. The number of phenolic OH excluding ortho intramolecular Hbond substituents is 1. The van der Waals surface area contributed by atoms with Crippen LogP contribution in [0.1, 0.15) is 43.4 Å². The van der Waals surface area contributed by atoms with E-state index in [0.29, 0.717) is 29.3 Å². The number of carbonyl (C=O) groups is 3. The number of nitrogens with zero attached hydrogens (tertiary/aromatic N) is 1. The molecule has 3 aliphatic rings. The number of carbonyl (C=O) groups excluding carboxylic acids is 3. The van der Waals surface area contributed by atoms with E-state index in [1.54, 1.807) is 14.1 Å². The summed E-state index contributed by atoms with van der Waals surface area (Å²) >= 11 is 0. The van der Waals surface area contributed by atoms with Gasteiger partial charge in [0.15, 0.2) is 11.4 Å². The highest BCUT2D eigenvalue weighted by molar-refractivity contribution is 6.24. The number of likely N-dealkylation sites (N-methyl/N-ethyl adjacent to an activating group) is 1. The molecule has 3 aliphatic carbocycles. The summed E-state index contributed by atoms with van der Waals surface area (Å²) < 4.78 is 5.71. The minimum absolute atomic E-state index is 0.00840. The fraction of sp³-hybridized carbons (Fsp3) is 0.536. The Labute approximate surface area is 226 Å². The number of hydrogen-bond donors (Lipinski definition) is 6. The molecule has 0 saturated heterocycles. The number of ether oxygens (including phenoxy) is 1. The number of benzene rings is 1. The summed E-state index contributed by atoms with van der Waals surface area (Å²) in [6.45, 7) is 5.41. The van der Waals surface area contributed by atoms with Gasteiger partial charge in [0.25, 0.3) is 5.91 Å². The Hall–Kier alpha value is -3.41. The van der Waals surface area contributed by atoms with Crippen molar-refractivity contribution in [1.29, 1.82) is 0 Å². The maximum atomic E-state index is 13.9. The minimum Gasteiger partial charge on any atom is -0.508 e. The van der Waals surface area contributed by atoms with Crippen LogP contribution in [-0.4, -0.2) is 82.2 Å². The van der Waals surface area contributed by atoms with Crippen molar-refractivity contribution in [1.82, 2.24) is 10.2 Å². The molecule has 4 atom stereocenters. The van der Waals surface area contributed by atoms with Crippen molar-refractivity contribution in [2.24, 2.45) is 23.5 Å². The number of nitrogens with one attached hydrogen (secondary N) is 1. The van der Waals surface area contributed by atoms with Gasteiger partial charge in [0.1, 0.15) is 28.6 Å². The number of phenols is 1. The molecule has 39 heavy (non-hydrogen) atoms. The van der Waals surface area contributed by atoms with Crippen molar-refractivity contribution < 1.29 is 39.5 Å². The summed E-state index contributed by atoms with van der Waals surface area (Å²) in [5, 5.41) is 48.2. The van der Waals surface area contributed by atoms with Gasteiger partial charge < -0.3 is 36.2 Å². The largest absolute Gasteiger partial charge is 0.508 e. The molecule has 1 saturated carbocycles. The van der Waals surface area contributed by atoms with Gasteiger partial charge in [0, 0.05) is 29.2 Å². The monoisotopic (exact) mass is 543 g/mol. The number of hydrogen-bond acceptors (Lipinski definition) is 10. The topological polar surface area (TPSA) is 183 Å². The van der Waals surface area contributed by atoms with Gasteiger partial charge in [-0.3, -0.25) is 19.3 Å². The standard InChI is InChI=1S/C28H37N3O8/c1-12(2)6-7-30-11-14-10-17(32)19-15(24(14)39-5)8-13-9-16-21(31(3)4)23(34)20(27(29)37)26(36)28(16,38)25(35)18(13)22(19)33/h10,12-13,16,21,30,32-33,36,38H,6-9,11H2,1-5H3,(H2,29,37)/t13-,16-,21-,28-/m0/s1. The number of rotatable bonds is 8. The second-order valence-corrected chi connectivity index (χ2v) is 11.3. The Morgan fingerprint density at radius 2 is 1.92 bits per heavy atom. The van der Waals surface area contributed by atoms with Crippen molar-refractivity contribution in [2.45, 2.75) is 51.3 Å². The third-order valence-electron chi connectivity index (χ3n) is 8.17. The zero-order valence-electron chi connectivity index (χ0n) is 22.9. The zero-order chi connectivity index (χ0) is 29.0. The molecular weight excluding hydrogens is 506 g/mol. The SMILES string of the molecule is COc1c(CNCCC(C)C)cc(O)c2c1C[C@H]1C[C@H]3[C@H](N(C)C)C(=O)C(C(N)=O)=C(O)[C@@]3(O)C(=O)C1=C2O. The smallest absolute Gasteiger partial charge is 0.255 e. The van der Waals surface area contributed by atoms with E-state index in [1.165, 1.54) is 18.1 Å². The van der Waals surface area contributed by atoms with E-state index in [2.05, 4.69) is 19.2 Å². The van der Waals surface area contributed by atoms with Crippen molar-refractivity contribution >= 4 is 23.2 Å². The molecule has 0 aromatic heterocycles. The Kier molecular flexibility index (Phi) is 7.54. The summed E-state index contributed by atoms with van der Waals surface area (Å²) in [6, 6.07) is 0.334. The van der Waals surface area contributed by atoms with Gasteiger partial charge in [0.2, 0.25) is 5.78 Å². The second kappa shape index (κ2) is 10.3. The van der Waals surface area contributed by atoms with Crippen molar-refractivity contribution in [2.75, 3.05) is 27.7 Å². The van der Waals surface area contributed by atoms with E-state index < -0.39 is 58.0 Å². The zero-order valence-corrected chi connectivity index (χ0v) is 22.9. The van der Waals surface area contributed by atoms with Crippen LogP contribution in [0.2, 0.25) is 0 Å². The van der Waals surface area contributed by atoms with Crippen LogP contribution in [-0.2, 0) is 27.3 Å². The number of fused-ring (bicyclic) bond motifs is 3. The number of nitrogens with two attached hydrogens (primary N) is 1. The number of aliphatic hydroxyl groups is 3. The number of primary amides is 1. The number of amides is 1. The number of aliphatic hydroxyl groups excluding tert-OH is 2. The molecule has 0 bridgehead atoms. The molecule has 4 rings (SSSR count). The van der Waals surface area contributed by atoms with E-state index in [-0.39, 0.29) is 29.7 Å². The molecule has 1 fully saturated rings. The average Bonchev–Trinajstić information content (AvgIpc) is 2.83. The van der Waals surface area contributed by atoms with Gasteiger partial charge >= 0.3 is 0 Å². The third kappa shape index (κ3) is 4.38. The van der Waals surface area contributed by atoms with Crippen LogP contribution >= 0.6 is 0 Å². The highest BCUT2D eigenvalue weighted by Crippen LogP contribution is 2.54. The van der Waals surface area contributed by atoms with Crippen molar-refractivity contribution in [3.8, 4) is 11.5 Å². The van der Waals surface area contributed by atoms with Crippen LogP contribution in [0.25, 0.3) is 5.76 Å². The molecule has 0 unspecified atom stereocenters. The molecule has 0 heterocycles.